The van der Waals surface area contributed by atoms with Crippen LogP contribution in [0.2, 0.25) is 0 Å². The summed E-state index contributed by atoms with van der Waals surface area (Å²) in [7, 11) is -3.66. The fraction of sp³-hybridized carbons (Fsp3) is 0.400. The van der Waals surface area contributed by atoms with Crippen LogP contribution < -0.4 is 4.72 Å². The Kier molecular flexibility index (Phi) is 4.20. The first-order chi connectivity index (χ1) is 9.72. The molecule has 0 aliphatic rings. The molecule has 5 nitrogen and oxygen atoms in total. The molecule has 0 fully saturated rings. The molecule has 114 valence electrons. The molecule has 2 aromatic rings. The highest BCUT2D eigenvalue weighted by Crippen LogP contribution is 2.24. The summed E-state index contributed by atoms with van der Waals surface area (Å²) >= 11 is 0. The lowest BCUT2D eigenvalue weighted by Gasteiger charge is -2.17. The van der Waals surface area contributed by atoms with Gasteiger partial charge in [-0.25, -0.2) is 13.1 Å². The minimum absolute atomic E-state index is 0.124. The van der Waals surface area contributed by atoms with E-state index in [1.807, 2.05) is 39.0 Å². The predicted octanol–water partition coefficient (Wildman–Crippen LogP) is 2.95. The first kappa shape index (κ1) is 15.7. The summed E-state index contributed by atoms with van der Waals surface area (Å²) in [6, 6.07) is 5.63. The van der Waals surface area contributed by atoms with Crippen LogP contribution in [0.25, 0.3) is 0 Å². The molecule has 1 N–H and O–H groups in total. The van der Waals surface area contributed by atoms with Crippen molar-refractivity contribution in [2.75, 3.05) is 0 Å². The summed E-state index contributed by atoms with van der Waals surface area (Å²) in [6.45, 7) is 9.02. The van der Waals surface area contributed by atoms with Crippen LogP contribution in [0.5, 0.6) is 0 Å². The molecule has 0 saturated carbocycles. The quantitative estimate of drug-likeness (QED) is 0.942. The Bertz CT molecular complexity index is 744. The smallest absolute Gasteiger partial charge is 0.246 e. The van der Waals surface area contributed by atoms with Crippen LogP contribution in [0.1, 0.15) is 41.1 Å². The van der Waals surface area contributed by atoms with Crippen LogP contribution in [0.3, 0.4) is 0 Å². The van der Waals surface area contributed by atoms with Crippen molar-refractivity contribution in [2.24, 2.45) is 0 Å². The zero-order valence-corrected chi connectivity index (χ0v) is 13.7. The molecular formula is C15H20N2O3S. The second-order valence-corrected chi connectivity index (χ2v) is 7.01. The third kappa shape index (κ3) is 3.16. The first-order valence-corrected chi connectivity index (χ1v) is 8.23. The number of rotatable bonds is 4. The Morgan fingerprint density at radius 2 is 1.86 bits per heavy atom. The predicted molar refractivity (Wildman–Crippen MR) is 80.6 cm³/mol. The Labute approximate surface area is 125 Å². The van der Waals surface area contributed by atoms with Crippen LogP contribution in [0.15, 0.2) is 27.6 Å². The largest absolute Gasteiger partial charge is 0.360 e. The number of benzene rings is 1. The molecule has 0 saturated heterocycles. The zero-order valence-electron chi connectivity index (χ0n) is 12.9. The van der Waals surface area contributed by atoms with E-state index in [2.05, 4.69) is 9.88 Å². The third-order valence-electron chi connectivity index (χ3n) is 3.46. The molecule has 1 aromatic heterocycles. The van der Waals surface area contributed by atoms with E-state index in [-0.39, 0.29) is 10.9 Å². The number of hydrogen-bond donors (Lipinski definition) is 1. The monoisotopic (exact) mass is 308 g/mol. The topological polar surface area (TPSA) is 72.2 Å². The normalized spacial score (nSPS) is 13.4. The number of hydrogen-bond acceptors (Lipinski definition) is 4. The van der Waals surface area contributed by atoms with Crippen molar-refractivity contribution >= 4 is 10.0 Å². The molecule has 0 aliphatic heterocycles. The van der Waals surface area contributed by atoms with Gasteiger partial charge in [0.05, 0.1) is 0 Å². The van der Waals surface area contributed by atoms with Gasteiger partial charge in [0, 0.05) is 6.04 Å². The first-order valence-electron chi connectivity index (χ1n) is 6.74. The Morgan fingerprint density at radius 3 is 2.38 bits per heavy atom. The van der Waals surface area contributed by atoms with Gasteiger partial charge >= 0.3 is 0 Å². The maximum absolute atomic E-state index is 12.5. The van der Waals surface area contributed by atoms with E-state index in [4.69, 9.17) is 4.52 Å². The van der Waals surface area contributed by atoms with Crippen molar-refractivity contribution < 1.29 is 12.9 Å². The van der Waals surface area contributed by atoms with Gasteiger partial charge in [-0.3, -0.25) is 0 Å². The van der Waals surface area contributed by atoms with Gasteiger partial charge in [0.2, 0.25) is 10.0 Å². The van der Waals surface area contributed by atoms with E-state index in [1.165, 1.54) is 0 Å². The van der Waals surface area contributed by atoms with E-state index in [1.54, 1.807) is 13.8 Å². The molecule has 0 bridgehead atoms. The van der Waals surface area contributed by atoms with Gasteiger partial charge in [-0.15, -0.1) is 0 Å². The highest BCUT2D eigenvalue weighted by atomic mass is 32.2. The summed E-state index contributed by atoms with van der Waals surface area (Å²) in [6.07, 6.45) is 0. The molecule has 21 heavy (non-hydrogen) atoms. The van der Waals surface area contributed by atoms with Gasteiger partial charge in [-0.1, -0.05) is 28.9 Å². The van der Waals surface area contributed by atoms with Gasteiger partial charge in [0.1, 0.15) is 10.6 Å². The second-order valence-electron chi connectivity index (χ2n) is 5.36. The van der Waals surface area contributed by atoms with Crippen molar-refractivity contribution in [1.82, 2.24) is 9.88 Å². The summed E-state index contributed by atoms with van der Waals surface area (Å²) in [5.74, 6) is 0.299. The molecule has 1 aromatic carbocycles. The number of nitrogens with zero attached hydrogens (tertiary/aromatic N) is 1. The average Bonchev–Trinajstić information content (AvgIpc) is 2.68. The highest BCUT2D eigenvalue weighted by molar-refractivity contribution is 7.89. The van der Waals surface area contributed by atoms with Crippen molar-refractivity contribution in [3.8, 4) is 0 Å². The third-order valence-corrected chi connectivity index (χ3v) is 5.24. The number of aryl methyl sites for hydroxylation is 4. The Hall–Kier alpha value is -1.66. The number of nitrogens with one attached hydrogen (secondary N) is 1. The minimum atomic E-state index is -3.66. The average molecular weight is 308 g/mol. The van der Waals surface area contributed by atoms with Crippen molar-refractivity contribution in [1.29, 1.82) is 0 Å². The van der Waals surface area contributed by atoms with E-state index in [0.717, 1.165) is 16.7 Å². The van der Waals surface area contributed by atoms with Crippen molar-refractivity contribution in [3.63, 3.8) is 0 Å². The van der Waals surface area contributed by atoms with E-state index in [9.17, 15) is 8.42 Å². The maximum Gasteiger partial charge on any atom is 0.246 e. The molecule has 1 atom stereocenters. The van der Waals surface area contributed by atoms with E-state index < -0.39 is 10.0 Å². The zero-order chi connectivity index (χ0) is 15.8. The SMILES string of the molecule is Cc1ccc([C@@H](C)NS(=O)(=O)c2c(C)noc2C)c(C)c1. The van der Waals surface area contributed by atoms with Crippen LogP contribution in [0, 0.1) is 27.7 Å². The molecule has 0 radical (unpaired) electrons. The lowest BCUT2D eigenvalue weighted by atomic mass is 10.0. The van der Waals surface area contributed by atoms with Crippen LogP contribution >= 0.6 is 0 Å². The standard InChI is InChI=1S/C15H20N2O3S/c1-9-6-7-14(10(2)8-9)11(3)17-21(18,19)15-12(4)16-20-13(15)5/h6-8,11,17H,1-5H3/t11-/m1/s1. The molecule has 0 unspecified atom stereocenters. The van der Waals surface area contributed by atoms with Crippen LogP contribution in [-0.4, -0.2) is 13.6 Å². The van der Waals surface area contributed by atoms with Gasteiger partial charge < -0.3 is 4.52 Å². The Morgan fingerprint density at radius 1 is 1.19 bits per heavy atom. The lowest BCUT2D eigenvalue weighted by Crippen LogP contribution is -2.28. The summed E-state index contributed by atoms with van der Waals surface area (Å²) < 4.78 is 32.6. The molecule has 0 aliphatic carbocycles. The fourth-order valence-electron chi connectivity index (χ4n) is 2.52. The Balaban J connectivity index is 2.32. The highest BCUT2D eigenvalue weighted by Gasteiger charge is 2.26. The summed E-state index contributed by atoms with van der Waals surface area (Å²) in [5, 5.41) is 3.70. The molecule has 0 spiro atoms. The van der Waals surface area contributed by atoms with Crippen molar-refractivity contribution in [3.05, 3.63) is 46.3 Å². The maximum atomic E-state index is 12.5. The number of sulfonamides is 1. The summed E-state index contributed by atoms with van der Waals surface area (Å²) in [4.78, 5) is 0.124. The van der Waals surface area contributed by atoms with Crippen molar-refractivity contribution in [2.45, 2.75) is 45.6 Å². The minimum Gasteiger partial charge on any atom is -0.360 e. The fourth-order valence-corrected chi connectivity index (χ4v) is 4.08. The van der Waals surface area contributed by atoms with Gasteiger partial charge in [-0.05, 0) is 45.7 Å². The molecule has 0 amide bonds. The van der Waals surface area contributed by atoms with E-state index >= 15 is 0 Å². The van der Waals surface area contributed by atoms with Gasteiger partial charge in [0.15, 0.2) is 5.76 Å². The van der Waals surface area contributed by atoms with Gasteiger partial charge in [-0.2, -0.15) is 0 Å². The summed E-state index contributed by atoms with van der Waals surface area (Å²) in [5.41, 5.74) is 3.53. The second kappa shape index (κ2) is 5.61. The van der Waals surface area contributed by atoms with Crippen LogP contribution in [-0.2, 0) is 10.0 Å². The van der Waals surface area contributed by atoms with Gasteiger partial charge in [0.25, 0.3) is 0 Å². The molecule has 6 heteroatoms. The molecule has 2 rings (SSSR count). The number of aromatic nitrogens is 1. The van der Waals surface area contributed by atoms with E-state index in [0.29, 0.717) is 11.5 Å². The van der Waals surface area contributed by atoms with Crippen LogP contribution in [0.4, 0.5) is 0 Å². The molecular weight excluding hydrogens is 288 g/mol. The molecule has 1 heterocycles. The lowest BCUT2D eigenvalue weighted by molar-refractivity contribution is 0.390.